The molecule has 0 heterocycles. The molecule has 0 unspecified atom stereocenters. The van der Waals surface area contributed by atoms with E-state index < -0.39 is 119 Å². The number of nitrogens with zero attached hydrogens (tertiary/aromatic N) is 6. The zero-order valence-corrected chi connectivity index (χ0v) is 28.1. The molecule has 3 aliphatic carbocycles. The molecule has 0 bridgehead atoms. The number of nitrogens with one attached hydrogen (secondary N) is 3. The van der Waals surface area contributed by atoms with Crippen molar-refractivity contribution < 1.29 is 60.2 Å². The number of benzene rings is 2. The second-order valence-electron chi connectivity index (χ2n) is 10.7. The second kappa shape index (κ2) is 14.4. The van der Waals surface area contributed by atoms with Gasteiger partial charge in [-0.25, -0.2) is 0 Å². The number of carbonyl (C=O) groups excluding carboxylic acids is 3. The van der Waals surface area contributed by atoms with E-state index in [9.17, 15) is 75.8 Å². The number of fused-ring (bicyclic) bond motifs is 1. The Kier molecular flexibility index (Phi) is 10.1. The van der Waals surface area contributed by atoms with Gasteiger partial charge in [-0.1, -0.05) is 0 Å². The third-order valence-corrected chi connectivity index (χ3v) is 8.86. The minimum atomic E-state index is -5.29. The van der Waals surface area contributed by atoms with E-state index in [1.54, 1.807) is 0 Å². The van der Waals surface area contributed by atoms with E-state index in [1.165, 1.54) is 0 Å². The Morgan fingerprint density at radius 2 is 1.33 bits per heavy atom. The van der Waals surface area contributed by atoms with Crippen molar-refractivity contribution in [2.75, 3.05) is 10.9 Å². The molecule has 2 aromatic carbocycles. The molecule has 0 saturated carbocycles. The Bertz CT molecular complexity index is 2650. The van der Waals surface area contributed by atoms with Crippen molar-refractivity contribution in [1.82, 2.24) is 5.43 Å². The van der Waals surface area contributed by atoms with Crippen LogP contribution in [0.4, 0.5) is 17.1 Å². The summed E-state index contributed by atoms with van der Waals surface area (Å²) in [6, 6.07) is 5.68. The summed E-state index contributed by atoms with van der Waals surface area (Å²) in [5.41, 5.74) is -0.592. The van der Waals surface area contributed by atoms with Gasteiger partial charge in [-0.2, -0.15) is 32.1 Å². The van der Waals surface area contributed by atoms with Crippen LogP contribution in [-0.4, -0.2) is 80.3 Å². The molecule has 0 spiro atoms. The van der Waals surface area contributed by atoms with Gasteiger partial charge in [-0.15, -0.1) is 0 Å². The number of nitro benzene ring substituents is 1. The third-order valence-electron chi connectivity index (χ3n) is 7.16. The molecule has 3 aliphatic rings. The highest BCUT2D eigenvalue weighted by Gasteiger charge is 2.37. The third kappa shape index (κ3) is 8.23. The molecule has 0 aromatic heterocycles. The van der Waals surface area contributed by atoms with E-state index in [0.717, 1.165) is 30.3 Å². The molecule has 25 nitrogen and oxygen atoms in total. The Morgan fingerprint density at radius 3 is 1.91 bits per heavy atom. The maximum atomic E-state index is 13.8. The average Bonchev–Trinajstić information content (AvgIpc) is 3.09. The number of nitro groups is 3. The Morgan fingerprint density at radius 1 is 0.673 bits per heavy atom. The number of non-ortho nitro benzene ring substituents is 1. The Hall–Kier alpha value is -7.62. The predicted octanol–water partition coefficient (Wildman–Crippen LogP) is 1.26. The van der Waals surface area contributed by atoms with Crippen LogP contribution in [0.2, 0.25) is 0 Å². The Labute approximate surface area is 304 Å². The van der Waals surface area contributed by atoms with Gasteiger partial charge in [0, 0.05) is 18.2 Å². The highest BCUT2D eigenvalue weighted by atomic mass is 32.2. The van der Waals surface area contributed by atoms with Crippen molar-refractivity contribution in [1.29, 1.82) is 0 Å². The second-order valence-corrected chi connectivity index (χ2v) is 13.5. The minimum Gasteiger partial charge on any atom is -0.506 e. The van der Waals surface area contributed by atoms with Crippen LogP contribution in [0.15, 0.2) is 109 Å². The first-order valence-electron chi connectivity index (χ1n) is 14.2. The first kappa shape index (κ1) is 38.6. The van der Waals surface area contributed by atoms with Crippen molar-refractivity contribution in [2.24, 2.45) is 15.3 Å². The van der Waals surface area contributed by atoms with Gasteiger partial charge in [0.25, 0.3) is 31.6 Å². The quantitative estimate of drug-likeness (QED) is 0.0806. The summed E-state index contributed by atoms with van der Waals surface area (Å²) in [5.74, 6) is -4.50. The highest BCUT2D eigenvalue weighted by molar-refractivity contribution is 7.91. The fourth-order valence-corrected chi connectivity index (χ4v) is 5.87. The number of ketones is 3. The molecule has 27 heteroatoms. The average molecular weight is 800 g/mol. The lowest BCUT2D eigenvalue weighted by Crippen LogP contribution is -2.29. The normalized spacial score (nSPS) is 18.1. The number of hydrogen-bond acceptors (Lipinski definition) is 20. The number of aliphatic hydroxyl groups excluding tert-OH is 1. The summed E-state index contributed by atoms with van der Waals surface area (Å²) in [4.78, 5) is 67.3. The first-order valence-corrected chi connectivity index (χ1v) is 17.1. The van der Waals surface area contributed by atoms with Crippen molar-refractivity contribution in [2.45, 2.75) is 4.90 Å². The number of aliphatic hydroxyl groups is 1. The van der Waals surface area contributed by atoms with Gasteiger partial charge >= 0.3 is 5.70 Å². The standard InChI is InChI=1S/C28H17N9O16S2/c38-21-11-22(39)18(31-33-26-20(37(46)47)7-15(36(44)45)8-23(26)40)10-17(21)30-32-19-9-16(54(48,49)50)5-12-6-24(55(51,52)53)27(28(41)25(12)19)34-29-13-1-3-14(4-2-13)35(42)43/h1-11,29,31-32,39H,(H,48,49,50)(H,51,52,53)/b30-17?,33-26+,34-27-. The number of allylic oxidation sites excluding steroid dienone is 6. The molecule has 5 rings (SSSR count). The van der Waals surface area contributed by atoms with Gasteiger partial charge in [0.05, 0.1) is 48.8 Å². The molecule has 0 atom stereocenters. The van der Waals surface area contributed by atoms with Crippen LogP contribution in [-0.2, 0) is 29.8 Å². The summed E-state index contributed by atoms with van der Waals surface area (Å²) in [5, 5.41) is 54.8. The molecular formula is C28H17N9O16S2. The zero-order chi connectivity index (χ0) is 40.6. The number of hydrogen-bond donors (Lipinski definition) is 6. The van der Waals surface area contributed by atoms with Gasteiger partial charge in [0.2, 0.25) is 23.1 Å². The number of Topliss-reactive ketones (excluding diaryl/α,β-unsaturated/α-hetero) is 1. The predicted molar refractivity (Wildman–Crippen MR) is 185 cm³/mol. The van der Waals surface area contributed by atoms with Crippen LogP contribution >= 0.6 is 0 Å². The molecular weight excluding hydrogens is 782 g/mol. The van der Waals surface area contributed by atoms with E-state index >= 15 is 0 Å². The maximum Gasteiger partial charge on any atom is 0.307 e. The van der Waals surface area contributed by atoms with Crippen LogP contribution in [0.3, 0.4) is 0 Å². The number of rotatable bonds is 11. The lowest BCUT2D eigenvalue weighted by molar-refractivity contribution is -0.429. The topological polar surface area (TPSA) is 383 Å². The van der Waals surface area contributed by atoms with Crippen molar-refractivity contribution in [3.05, 3.63) is 130 Å². The maximum absolute atomic E-state index is 13.8. The molecule has 0 amide bonds. The monoisotopic (exact) mass is 799 g/mol. The van der Waals surface area contributed by atoms with E-state index in [1.807, 2.05) is 0 Å². The summed E-state index contributed by atoms with van der Waals surface area (Å²) < 4.78 is 68.5. The first-order chi connectivity index (χ1) is 25.6. The number of anilines is 2. The van der Waals surface area contributed by atoms with E-state index in [2.05, 4.69) is 31.6 Å². The summed E-state index contributed by atoms with van der Waals surface area (Å²) >= 11 is 0. The van der Waals surface area contributed by atoms with E-state index in [4.69, 9.17) is 0 Å². The van der Waals surface area contributed by atoms with Crippen LogP contribution in [0.5, 0.6) is 0 Å². The molecule has 0 radical (unpaired) electrons. The number of hydrazone groups is 3. The lowest BCUT2D eigenvalue weighted by atomic mass is 9.93. The Balaban J connectivity index is 1.55. The van der Waals surface area contributed by atoms with Gasteiger partial charge < -0.3 is 5.11 Å². The molecule has 0 saturated heterocycles. The molecule has 282 valence electrons. The van der Waals surface area contributed by atoms with Gasteiger partial charge in [0.1, 0.15) is 22.1 Å². The molecule has 0 aliphatic heterocycles. The fourth-order valence-electron chi connectivity index (χ4n) is 4.67. The minimum absolute atomic E-state index is 0.00238. The smallest absolute Gasteiger partial charge is 0.307 e. The lowest BCUT2D eigenvalue weighted by Gasteiger charge is -2.20. The highest BCUT2D eigenvalue weighted by Crippen LogP contribution is 2.34. The van der Waals surface area contributed by atoms with Gasteiger partial charge in [-0.05, 0) is 42.0 Å². The molecule has 6 N–H and O–H groups in total. The van der Waals surface area contributed by atoms with Crippen LogP contribution in [0.1, 0.15) is 15.9 Å². The summed E-state index contributed by atoms with van der Waals surface area (Å²) in [6.07, 6.45) is 2.82. The molecule has 55 heavy (non-hydrogen) atoms. The van der Waals surface area contributed by atoms with E-state index in [0.29, 0.717) is 36.4 Å². The van der Waals surface area contributed by atoms with Crippen molar-refractivity contribution in [3.63, 3.8) is 0 Å². The fraction of sp³-hybridized carbons (Fsp3) is 0. The van der Waals surface area contributed by atoms with Crippen molar-refractivity contribution >= 4 is 77.9 Å². The summed E-state index contributed by atoms with van der Waals surface area (Å²) in [7, 11) is -10.4. The SMILES string of the molecule is O=C1C=C(O)C(N/N=C2/C(=O)C=C([N+](=O)[O-])C=C2[N+](=O)[O-])=CC1=NNc1cc(S(=O)(=O)O)cc2c1C(=O)/C(=N\Nc1ccc([N+](=O)[O-])cc1)C(S(=O)(=O)O)=C2. The summed E-state index contributed by atoms with van der Waals surface area (Å²) in [6.45, 7) is 0. The number of carbonyl (C=O) groups is 3. The largest absolute Gasteiger partial charge is 0.506 e. The molecule has 2 aromatic rings. The van der Waals surface area contributed by atoms with Crippen LogP contribution < -0.4 is 16.3 Å². The molecule has 0 fully saturated rings. The van der Waals surface area contributed by atoms with Gasteiger partial charge in [0.15, 0.2) is 5.71 Å². The van der Waals surface area contributed by atoms with Crippen molar-refractivity contribution in [3.8, 4) is 0 Å². The van der Waals surface area contributed by atoms with Crippen LogP contribution in [0.25, 0.3) is 6.08 Å². The van der Waals surface area contributed by atoms with E-state index in [-0.39, 0.29) is 11.4 Å². The zero-order valence-electron chi connectivity index (χ0n) is 26.5. The van der Waals surface area contributed by atoms with Crippen LogP contribution in [0, 0.1) is 30.3 Å². The van der Waals surface area contributed by atoms with Gasteiger partial charge in [-0.3, -0.25) is 70.1 Å².